The maximum absolute atomic E-state index is 12.6. The molecule has 0 aliphatic carbocycles. The molecule has 2 heterocycles. The third kappa shape index (κ3) is 5.16. The van der Waals surface area contributed by atoms with Crippen LogP contribution in [0.4, 0.5) is 0 Å². The highest BCUT2D eigenvalue weighted by Crippen LogP contribution is 2.19. The van der Waals surface area contributed by atoms with Crippen LogP contribution in [0.15, 0.2) is 42.7 Å². The minimum absolute atomic E-state index is 0.00680. The van der Waals surface area contributed by atoms with Gasteiger partial charge in [-0.2, -0.15) is 5.10 Å². The average molecular weight is 340 g/mol. The molecule has 1 fully saturated rings. The highest BCUT2D eigenvalue weighted by Gasteiger charge is 2.28. The van der Waals surface area contributed by atoms with Crippen molar-refractivity contribution in [1.82, 2.24) is 20.0 Å². The van der Waals surface area contributed by atoms with Crippen LogP contribution in [0.25, 0.3) is 0 Å². The highest BCUT2D eigenvalue weighted by molar-refractivity contribution is 5.81. The average Bonchev–Trinajstić information content (AvgIpc) is 3.05. The Morgan fingerprint density at radius 2 is 2.08 bits per heavy atom. The van der Waals surface area contributed by atoms with Gasteiger partial charge in [-0.3, -0.25) is 14.4 Å². The minimum atomic E-state index is 0.00680. The molecule has 0 bridgehead atoms. The molecule has 1 aliphatic rings. The van der Waals surface area contributed by atoms with E-state index in [1.165, 1.54) is 17.5 Å². The van der Waals surface area contributed by atoms with Crippen LogP contribution in [0.3, 0.4) is 0 Å². The number of nitrogens with zero attached hydrogens (tertiary/aromatic N) is 3. The van der Waals surface area contributed by atoms with Crippen LogP contribution in [0, 0.1) is 0 Å². The molecule has 0 spiro atoms. The number of benzene rings is 1. The molecule has 1 atom stereocenters. The summed E-state index contributed by atoms with van der Waals surface area (Å²) in [4.78, 5) is 15.0. The summed E-state index contributed by atoms with van der Waals surface area (Å²) in [5, 5.41) is 7.31. The molecule has 5 heteroatoms. The molecule has 1 N–H and O–H groups in total. The van der Waals surface area contributed by atoms with Gasteiger partial charge >= 0.3 is 0 Å². The van der Waals surface area contributed by atoms with Crippen molar-refractivity contribution in [2.24, 2.45) is 7.05 Å². The SMILES string of the molecule is Cn1cc(CCCNC(=O)[C@@H]2CCCCN2Cc2ccccc2)cn1. The molecule has 1 amide bonds. The van der Waals surface area contributed by atoms with Gasteiger partial charge in [-0.05, 0) is 43.4 Å². The Labute approximate surface area is 150 Å². The summed E-state index contributed by atoms with van der Waals surface area (Å²) in [5.74, 6) is 0.182. The Kier molecular flexibility index (Phi) is 6.23. The molecule has 1 aliphatic heterocycles. The van der Waals surface area contributed by atoms with Gasteiger partial charge in [-0.15, -0.1) is 0 Å². The molecule has 0 unspecified atom stereocenters. The van der Waals surface area contributed by atoms with E-state index in [0.717, 1.165) is 45.3 Å². The van der Waals surface area contributed by atoms with Crippen LogP contribution < -0.4 is 5.32 Å². The fourth-order valence-electron chi connectivity index (χ4n) is 3.52. The molecule has 1 saturated heterocycles. The first-order chi connectivity index (χ1) is 12.2. The Morgan fingerprint density at radius 1 is 1.24 bits per heavy atom. The number of likely N-dealkylation sites (tertiary alicyclic amines) is 1. The second-order valence-corrected chi connectivity index (χ2v) is 6.88. The van der Waals surface area contributed by atoms with Crippen molar-refractivity contribution in [1.29, 1.82) is 0 Å². The van der Waals surface area contributed by atoms with E-state index in [9.17, 15) is 4.79 Å². The van der Waals surface area contributed by atoms with Crippen LogP contribution >= 0.6 is 0 Å². The van der Waals surface area contributed by atoms with Gasteiger partial charge in [0.1, 0.15) is 0 Å². The third-order valence-electron chi connectivity index (χ3n) is 4.84. The van der Waals surface area contributed by atoms with Crippen molar-refractivity contribution in [2.45, 2.75) is 44.7 Å². The second-order valence-electron chi connectivity index (χ2n) is 6.88. The summed E-state index contributed by atoms with van der Waals surface area (Å²) in [6.07, 6.45) is 9.10. The topological polar surface area (TPSA) is 50.2 Å². The quantitative estimate of drug-likeness (QED) is 0.788. The highest BCUT2D eigenvalue weighted by atomic mass is 16.2. The molecular formula is C20H28N4O. The van der Waals surface area contributed by atoms with Crippen LogP contribution in [-0.4, -0.2) is 39.7 Å². The van der Waals surface area contributed by atoms with Gasteiger partial charge in [0, 0.05) is 26.3 Å². The molecule has 134 valence electrons. The molecular weight excluding hydrogens is 312 g/mol. The number of rotatable bonds is 7. The maximum Gasteiger partial charge on any atom is 0.237 e. The standard InChI is InChI=1S/C20H28N4O/c1-23-15-18(14-22-23)10-7-12-21-20(25)19-11-5-6-13-24(19)16-17-8-3-2-4-9-17/h2-4,8-9,14-15,19H,5-7,10-13,16H2,1H3,(H,21,25)/t19-/m0/s1. The Balaban J connectivity index is 1.47. The zero-order valence-electron chi connectivity index (χ0n) is 15.0. The lowest BCUT2D eigenvalue weighted by Gasteiger charge is -2.34. The first-order valence-electron chi connectivity index (χ1n) is 9.25. The Hall–Kier alpha value is -2.14. The molecule has 5 nitrogen and oxygen atoms in total. The van der Waals surface area contributed by atoms with E-state index in [2.05, 4.69) is 39.6 Å². The maximum atomic E-state index is 12.6. The van der Waals surface area contributed by atoms with Crippen molar-refractivity contribution in [3.63, 3.8) is 0 Å². The largest absolute Gasteiger partial charge is 0.355 e. The number of carbonyl (C=O) groups excluding carboxylic acids is 1. The van der Waals surface area contributed by atoms with Crippen LogP contribution in [-0.2, 0) is 24.8 Å². The molecule has 0 radical (unpaired) electrons. The molecule has 25 heavy (non-hydrogen) atoms. The number of hydrogen-bond acceptors (Lipinski definition) is 3. The summed E-state index contributed by atoms with van der Waals surface area (Å²) >= 11 is 0. The molecule has 1 aromatic heterocycles. The number of amides is 1. The number of aryl methyl sites for hydroxylation is 2. The van der Waals surface area contributed by atoms with Crippen LogP contribution in [0.5, 0.6) is 0 Å². The van der Waals surface area contributed by atoms with Gasteiger partial charge in [0.25, 0.3) is 0 Å². The van der Waals surface area contributed by atoms with Crippen molar-refractivity contribution in [2.75, 3.05) is 13.1 Å². The predicted octanol–water partition coefficient (Wildman–Crippen LogP) is 2.52. The number of aromatic nitrogens is 2. The summed E-state index contributed by atoms with van der Waals surface area (Å²) < 4.78 is 1.82. The molecule has 3 rings (SSSR count). The molecule has 2 aromatic rings. The van der Waals surface area contributed by atoms with Crippen molar-refractivity contribution in [3.8, 4) is 0 Å². The molecule has 1 aromatic carbocycles. The van der Waals surface area contributed by atoms with Gasteiger partial charge in [-0.25, -0.2) is 0 Å². The van der Waals surface area contributed by atoms with Gasteiger partial charge in [0.05, 0.1) is 12.2 Å². The monoisotopic (exact) mass is 340 g/mol. The van der Waals surface area contributed by atoms with E-state index in [1.807, 2.05) is 30.2 Å². The van der Waals surface area contributed by atoms with Gasteiger partial charge < -0.3 is 5.32 Å². The van der Waals surface area contributed by atoms with Crippen molar-refractivity contribution < 1.29 is 4.79 Å². The van der Waals surface area contributed by atoms with Gasteiger partial charge in [0.15, 0.2) is 0 Å². The summed E-state index contributed by atoms with van der Waals surface area (Å²) in [7, 11) is 1.93. The van der Waals surface area contributed by atoms with E-state index >= 15 is 0 Å². The van der Waals surface area contributed by atoms with E-state index in [1.54, 1.807) is 0 Å². The number of piperidine rings is 1. The first-order valence-corrected chi connectivity index (χ1v) is 9.25. The summed E-state index contributed by atoms with van der Waals surface area (Å²) in [5.41, 5.74) is 2.50. The Bertz CT molecular complexity index is 667. The van der Waals surface area contributed by atoms with E-state index in [0.29, 0.717) is 0 Å². The zero-order chi connectivity index (χ0) is 17.5. The van der Waals surface area contributed by atoms with Crippen molar-refractivity contribution >= 4 is 5.91 Å². The van der Waals surface area contributed by atoms with E-state index < -0.39 is 0 Å². The summed E-state index contributed by atoms with van der Waals surface area (Å²) in [6.45, 7) is 2.58. The number of hydrogen-bond donors (Lipinski definition) is 1. The number of nitrogens with one attached hydrogen (secondary N) is 1. The lowest BCUT2D eigenvalue weighted by molar-refractivity contribution is -0.127. The summed E-state index contributed by atoms with van der Waals surface area (Å²) in [6, 6.07) is 10.4. The predicted molar refractivity (Wildman–Crippen MR) is 99.0 cm³/mol. The fraction of sp³-hybridized carbons (Fsp3) is 0.500. The van der Waals surface area contributed by atoms with Gasteiger partial charge in [-0.1, -0.05) is 36.8 Å². The Morgan fingerprint density at radius 3 is 2.84 bits per heavy atom. The van der Waals surface area contributed by atoms with E-state index in [-0.39, 0.29) is 11.9 Å². The third-order valence-corrected chi connectivity index (χ3v) is 4.84. The fourth-order valence-corrected chi connectivity index (χ4v) is 3.52. The van der Waals surface area contributed by atoms with Gasteiger partial charge in [0.2, 0.25) is 5.91 Å². The normalized spacial score (nSPS) is 18.2. The smallest absolute Gasteiger partial charge is 0.237 e. The first kappa shape index (κ1) is 17.7. The lowest BCUT2D eigenvalue weighted by Crippen LogP contribution is -2.49. The zero-order valence-corrected chi connectivity index (χ0v) is 15.0. The second kappa shape index (κ2) is 8.81. The van der Waals surface area contributed by atoms with E-state index in [4.69, 9.17) is 0 Å². The lowest BCUT2D eigenvalue weighted by atomic mass is 10.00. The molecule has 0 saturated carbocycles. The minimum Gasteiger partial charge on any atom is -0.355 e. The number of carbonyl (C=O) groups is 1. The van der Waals surface area contributed by atoms with Crippen LogP contribution in [0.2, 0.25) is 0 Å². The van der Waals surface area contributed by atoms with Crippen molar-refractivity contribution in [3.05, 3.63) is 53.9 Å². The van der Waals surface area contributed by atoms with Crippen LogP contribution in [0.1, 0.15) is 36.8 Å².